The van der Waals surface area contributed by atoms with Crippen LogP contribution in [-0.2, 0) is 4.79 Å². The number of methoxy groups -OCH3 is 1. The Morgan fingerprint density at radius 3 is 2.65 bits per heavy atom. The highest BCUT2D eigenvalue weighted by Crippen LogP contribution is 2.26. The molecule has 3 rings (SSSR count). The van der Waals surface area contributed by atoms with Crippen LogP contribution in [0.3, 0.4) is 0 Å². The summed E-state index contributed by atoms with van der Waals surface area (Å²) < 4.78 is 12.7. The number of piperidine rings is 1. The van der Waals surface area contributed by atoms with Gasteiger partial charge in [0.2, 0.25) is 0 Å². The van der Waals surface area contributed by atoms with Crippen LogP contribution in [0.4, 0.5) is 0 Å². The fourth-order valence-corrected chi connectivity index (χ4v) is 2.76. The zero-order valence-electron chi connectivity index (χ0n) is 13.1. The van der Waals surface area contributed by atoms with E-state index in [9.17, 15) is 4.79 Å². The van der Waals surface area contributed by atoms with E-state index >= 15 is 0 Å². The summed E-state index contributed by atoms with van der Waals surface area (Å²) in [7, 11) is 1.58. The molecule has 122 valence electrons. The number of likely N-dealkylation sites (tertiary alicyclic amines) is 1. The molecule has 2 aromatic rings. The molecular formula is C16H20N4O3. The third-order valence-electron chi connectivity index (χ3n) is 4.05. The fraction of sp³-hybridized carbons (Fsp3) is 0.438. The monoisotopic (exact) mass is 316 g/mol. The van der Waals surface area contributed by atoms with E-state index in [0.29, 0.717) is 30.6 Å². The van der Waals surface area contributed by atoms with Crippen molar-refractivity contribution in [3.8, 4) is 11.5 Å². The lowest BCUT2D eigenvalue weighted by molar-refractivity contribution is -0.134. The predicted octanol–water partition coefficient (Wildman–Crippen LogP) is 1.53. The molecule has 0 radical (unpaired) electrons. The zero-order chi connectivity index (χ0) is 16.1. The summed E-state index contributed by atoms with van der Waals surface area (Å²) in [6, 6.07) is 7.64. The molecule has 0 N–H and O–H groups in total. The lowest BCUT2D eigenvalue weighted by Gasteiger charge is -2.31. The van der Waals surface area contributed by atoms with E-state index in [1.165, 1.54) is 0 Å². The second-order valence-electron chi connectivity index (χ2n) is 5.43. The van der Waals surface area contributed by atoms with Crippen molar-refractivity contribution in [3.05, 3.63) is 36.7 Å². The van der Waals surface area contributed by atoms with E-state index in [2.05, 4.69) is 10.3 Å². The number of hydrogen-bond acceptors (Lipinski definition) is 5. The quantitative estimate of drug-likeness (QED) is 0.836. The Balaban J connectivity index is 1.50. The van der Waals surface area contributed by atoms with Crippen LogP contribution in [0.1, 0.15) is 18.9 Å². The second kappa shape index (κ2) is 7.13. The predicted molar refractivity (Wildman–Crippen MR) is 83.4 cm³/mol. The van der Waals surface area contributed by atoms with Gasteiger partial charge in [-0.15, -0.1) is 5.10 Å². The van der Waals surface area contributed by atoms with Crippen molar-refractivity contribution in [2.45, 2.75) is 18.9 Å². The van der Waals surface area contributed by atoms with Crippen molar-refractivity contribution >= 4 is 5.91 Å². The molecule has 0 atom stereocenters. The molecule has 1 aliphatic rings. The van der Waals surface area contributed by atoms with Crippen molar-refractivity contribution in [2.75, 3.05) is 26.8 Å². The Morgan fingerprint density at radius 1 is 1.26 bits per heavy atom. The molecule has 0 bridgehead atoms. The smallest absolute Gasteiger partial charge is 0.260 e. The maximum absolute atomic E-state index is 12.3. The van der Waals surface area contributed by atoms with Crippen molar-refractivity contribution < 1.29 is 14.3 Å². The number of carbonyl (C=O) groups excluding carboxylic acids is 1. The van der Waals surface area contributed by atoms with Gasteiger partial charge in [-0.25, -0.2) is 4.68 Å². The first-order valence-electron chi connectivity index (χ1n) is 7.67. The van der Waals surface area contributed by atoms with Gasteiger partial charge in [0, 0.05) is 19.3 Å². The topological polar surface area (TPSA) is 69.5 Å². The SMILES string of the molecule is COc1ccccc1OCC(=O)N1CCC(n2ccnn2)CC1. The number of ether oxygens (including phenoxy) is 2. The molecule has 1 saturated heterocycles. The maximum Gasteiger partial charge on any atom is 0.260 e. The Kier molecular flexibility index (Phi) is 4.75. The molecule has 23 heavy (non-hydrogen) atoms. The van der Waals surface area contributed by atoms with Crippen LogP contribution in [0.5, 0.6) is 11.5 Å². The molecule has 0 unspecified atom stereocenters. The highest BCUT2D eigenvalue weighted by Gasteiger charge is 2.24. The Morgan fingerprint density at radius 2 is 2.00 bits per heavy atom. The van der Waals surface area contributed by atoms with Crippen LogP contribution in [0.15, 0.2) is 36.7 Å². The summed E-state index contributed by atoms with van der Waals surface area (Å²) in [5.41, 5.74) is 0. The van der Waals surface area contributed by atoms with Gasteiger partial charge in [0.15, 0.2) is 18.1 Å². The summed E-state index contributed by atoms with van der Waals surface area (Å²) in [6.07, 6.45) is 5.30. The summed E-state index contributed by atoms with van der Waals surface area (Å²) in [6.45, 7) is 1.44. The highest BCUT2D eigenvalue weighted by molar-refractivity contribution is 5.78. The number of benzene rings is 1. The molecule has 0 spiro atoms. The highest BCUT2D eigenvalue weighted by atomic mass is 16.5. The number of amides is 1. The Labute approximate surface area is 134 Å². The van der Waals surface area contributed by atoms with Crippen LogP contribution >= 0.6 is 0 Å². The average Bonchev–Trinajstić information content (AvgIpc) is 3.14. The van der Waals surface area contributed by atoms with Crippen molar-refractivity contribution in [1.29, 1.82) is 0 Å². The second-order valence-corrected chi connectivity index (χ2v) is 5.43. The van der Waals surface area contributed by atoms with E-state index in [0.717, 1.165) is 12.8 Å². The van der Waals surface area contributed by atoms with Gasteiger partial charge in [-0.3, -0.25) is 4.79 Å². The van der Waals surface area contributed by atoms with Crippen molar-refractivity contribution in [3.63, 3.8) is 0 Å². The summed E-state index contributed by atoms with van der Waals surface area (Å²) in [5.74, 6) is 1.21. The standard InChI is InChI=1S/C16H20N4O3/c1-22-14-4-2-3-5-15(14)23-12-16(21)19-9-6-13(7-10-19)20-11-8-17-18-20/h2-5,8,11,13H,6-7,9-10,12H2,1H3. The van der Waals surface area contributed by atoms with Gasteiger partial charge < -0.3 is 14.4 Å². The van der Waals surface area contributed by atoms with Gasteiger partial charge in [-0.1, -0.05) is 17.3 Å². The molecule has 0 saturated carbocycles. The zero-order valence-corrected chi connectivity index (χ0v) is 13.1. The van der Waals surface area contributed by atoms with E-state index in [4.69, 9.17) is 9.47 Å². The number of rotatable bonds is 5. The minimum absolute atomic E-state index is 0.00653. The van der Waals surface area contributed by atoms with Crippen LogP contribution < -0.4 is 9.47 Å². The molecular weight excluding hydrogens is 296 g/mol. The summed E-state index contributed by atoms with van der Waals surface area (Å²) >= 11 is 0. The molecule has 1 amide bonds. The molecule has 7 nitrogen and oxygen atoms in total. The van der Waals surface area contributed by atoms with E-state index in [-0.39, 0.29) is 12.5 Å². The normalized spacial score (nSPS) is 15.4. The van der Waals surface area contributed by atoms with Gasteiger partial charge in [-0.2, -0.15) is 0 Å². The first kappa shape index (κ1) is 15.3. The maximum atomic E-state index is 12.3. The lowest BCUT2D eigenvalue weighted by Crippen LogP contribution is -2.41. The number of nitrogens with zero attached hydrogens (tertiary/aromatic N) is 4. The van der Waals surface area contributed by atoms with Gasteiger partial charge in [-0.05, 0) is 25.0 Å². The van der Waals surface area contributed by atoms with Crippen LogP contribution in [-0.4, -0.2) is 52.6 Å². The first-order chi connectivity index (χ1) is 11.3. The molecule has 1 aromatic carbocycles. The Hall–Kier alpha value is -2.57. The van der Waals surface area contributed by atoms with Gasteiger partial charge in [0.25, 0.3) is 5.91 Å². The molecule has 1 aliphatic heterocycles. The number of para-hydroxylation sites is 2. The molecule has 1 fully saturated rings. The molecule has 0 aliphatic carbocycles. The summed E-state index contributed by atoms with van der Waals surface area (Å²) in [5, 5.41) is 7.86. The van der Waals surface area contributed by atoms with E-state index in [1.807, 2.05) is 34.0 Å². The van der Waals surface area contributed by atoms with Gasteiger partial charge in [0.05, 0.1) is 19.3 Å². The van der Waals surface area contributed by atoms with Gasteiger partial charge >= 0.3 is 0 Å². The fourth-order valence-electron chi connectivity index (χ4n) is 2.76. The molecule has 1 aromatic heterocycles. The number of aromatic nitrogens is 3. The minimum atomic E-state index is -0.00653. The van der Waals surface area contributed by atoms with Gasteiger partial charge in [0.1, 0.15) is 0 Å². The van der Waals surface area contributed by atoms with Crippen molar-refractivity contribution in [2.24, 2.45) is 0 Å². The average molecular weight is 316 g/mol. The number of carbonyl (C=O) groups is 1. The third kappa shape index (κ3) is 3.61. The lowest BCUT2D eigenvalue weighted by atomic mass is 10.1. The first-order valence-corrected chi connectivity index (χ1v) is 7.67. The third-order valence-corrected chi connectivity index (χ3v) is 4.05. The number of hydrogen-bond donors (Lipinski definition) is 0. The van der Waals surface area contributed by atoms with E-state index < -0.39 is 0 Å². The summed E-state index contributed by atoms with van der Waals surface area (Å²) in [4.78, 5) is 14.1. The molecule has 7 heteroatoms. The minimum Gasteiger partial charge on any atom is -0.493 e. The Bertz CT molecular complexity index is 637. The molecule has 2 heterocycles. The van der Waals surface area contributed by atoms with Crippen molar-refractivity contribution in [1.82, 2.24) is 19.9 Å². The van der Waals surface area contributed by atoms with E-state index in [1.54, 1.807) is 19.4 Å². The van der Waals surface area contributed by atoms with Crippen LogP contribution in [0.25, 0.3) is 0 Å². The largest absolute Gasteiger partial charge is 0.493 e. The van der Waals surface area contributed by atoms with Crippen LogP contribution in [0, 0.1) is 0 Å². The van der Waals surface area contributed by atoms with Crippen LogP contribution in [0.2, 0.25) is 0 Å².